The van der Waals surface area contributed by atoms with E-state index in [-0.39, 0.29) is 18.2 Å². The van der Waals surface area contributed by atoms with Crippen LogP contribution in [0.25, 0.3) is 0 Å². The third-order valence-corrected chi connectivity index (χ3v) is 3.18. The summed E-state index contributed by atoms with van der Waals surface area (Å²) in [4.78, 5) is 25.7. The molecule has 22 heavy (non-hydrogen) atoms. The predicted molar refractivity (Wildman–Crippen MR) is 87.6 cm³/mol. The highest BCUT2D eigenvalue weighted by Gasteiger charge is 2.14. The van der Waals surface area contributed by atoms with E-state index in [9.17, 15) is 9.59 Å². The Balaban J connectivity index is 2.12. The number of nitrogens with one attached hydrogen (secondary N) is 1. The third kappa shape index (κ3) is 3.85. The van der Waals surface area contributed by atoms with E-state index in [2.05, 4.69) is 5.32 Å². The number of carbonyl (C=O) groups is 2. The highest BCUT2D eigenvalue weighted by molar-refractivity contribution is 6.03. The van der Waals surface area contributed by atoms with E-state index in [1.54, 1.807) is 50.5 Å². The molecule has 2 amide bonds. The lowest BCUT2D eigenvalue weighted by molar-refractivity contribution is -0.115. The lowest BCUT2D eigenvalue weighted by Gasteiger charge is -2.14. The van der Waals surface area contributed by atoms with Gasteiger partial charge < -0.3 is 16.0 Å². The molecular formula is C17H19N3O2. The summed E-state index contributed by atoms with van der Waals surface area (Å²) in [6.07, 6.45) is 0.227. The van der Waals surface area contributed by atoms with Gasteiger partial charge in [-0.25, -0.2) is 0 Å². The molecule has 0 bridgehead atoms. The zero-order valence-electron chi connectivity index (χ0n) is 12.7. The molecule has 2 aromatic carbocycles. The number of rotatable bonds is 4. The van der Waals surface area contributed by atoms with Crippen molar-refractivity contribution < 1.29 is 9.59 Å². The number of nitrogen functional groups attached to an aromatic ring is 1. The Kier molecular flexibility index (Phi) is 4.78. The molecular weight excluding hydrogens is 278 g/mol. The van der Waals surface area contributed by atoms with Gasteiger partial charge in [-0.05, 0) is 29.8 Å². The highest BCUT2D eigenvalue weighted by atomic mass is 16.2. The Labute approximate surface area is 129 Å². The van der Waals surface area contributed by atoms with Crippen molar-refractivity contribution in [3.8, 4) is 0 Å². The molecule has 5 nitrogen and oxygen atoms in total. The second kappa shape index (κ2) is 6.76. The van der Waals surface area contributed by atoms with E-state index in [0.29, 0.717) is 16.9 Å². The van der Waals surface area contributed by atoms with Crippen LogP contribution in [0.3, 0.4) is 0 Å². The summed E-state index contributed by atoms with van der Waals surface area (Å²) < 4.78 is 0. The first kappa shape index (κ1) is 15.6. The number of amides is 2. The van der Waals surface area contributed by atoms with Gasteiger partial charge >= 0.3 is 0 Å². The normalized spacial score (nSPS) is 10.1. The molecule has 0 radical (unpaired) electrons. The highest BCUT2D eigenvalue weighted by Crippen LogP contribution is 2.17. The van der Waals surface area contributed by atoms with Gasteiger partial charge in [-0.2, -0.15) is 0 Å². The summed E-state index contributed by atoms with van der Waals surface area (Å²) in [5, 5.41) is 2.79. The van der Waals surface area contributed by atoms with Crippen molar-refractivity contribution in [2.45, 2.75) is 6.42 Å². The van der Waals surface area contributed by atoms with Crippen LogP contribution in [0.1, 0.15) is 15.9 Å². The molecule has 0 unspecified atom stereocenters. The summed E-state index contributed by atoms with van der Waals surface area (Å²) in [6, 6.07) is 14.1. The van der Waals surface area contributed by atoms with Crippen molar-refractivity contribution in [2.24, 2.45) is 0 Å². The number of anilines is 2. The summed E-state index contributed by atoms with van der Waals surface area (Å²) >= 11 is 0. The molecule has 2 rings (SSSR count). The Hall–Kier alpha value is -2.82. The summed E-state index contributed by atoms with van der Waals surface area (Å²) in [6.45, 7) is 0. The molecule has 0 saturated carbocycles. The van der Waals surface area contributed by atoms with Gasteiger partial charge in [0.05, 0.1) is 17.7 Å². The Morgan fingerprint density at radius 3 is 2.32 bits per heavy atom. The van der Waals surface area contributed by atoms with E-state index < -0.39 is 0 Å². The fourth-order valence-corrected chi connectivity index (χ4v) is 2.03. The van der Waals surface area contributed by atoms with Gasteiger partial charge in [-0.3, -0.25) is 9.59 Å². The minimum absolute atomic E-state index is 0.150. The minimum Gasteiger partial charge on any atom is -0.399 e. The van der Waals surface area contributed by atoms with Crippen LogP contribution in [-0.2, 0) is 11.2 Å². The van der Waals surface area contributed by atoms with E-state index in [1.807, 2.05) is 12.1 Å². The summed E-state index contributed by atoms with van der Waals surface area (Å²) in [5.41, 5.74) is 8.13. The van der Waals surface area contributed by atoms with Crippen LogP contribution in [-0.4, -0.2) is 30.8 Å². The molecule has 2 aromatic rings. The average Bonchev–Trinajstić information content (AvgIpc) is 2.49. The first-order chi connectivity index (χ1) is 10.5. The number of hydrogen-bond acceptors (Lipinski definition) is 3. The first-order valence-electron chi connectivity index (χ1n) is 6.92. The standard InChI is InChI=1S/C17H19N3O2/c1-20(2)17(22)14-5-3-4-6-15(14)19-16(21)11-12-7-9-13(18)10-8-12/h3-10H,11,18H2,1-2H3,(H,19,21). The minimum atomic E-state index is -0.177. The molecule has 0 heterocycles. The van der Waals surface area contributed by atoms with E-state index in [0.717, 1.165) is 5.56 Å². The zero-order valence-corrected chi connectivity index (χ0v) is 12.7. The second-order valence-corrected chi connectivity index (χ2v) is 5.21. The Morgan fingerprint density at radius 2 is 1.68 bits per heavy atom. The maximum atomic E-state index is 12.1. The van der Waals surface area contributed by atoms with Gasteiger partial charge in [0.1, 0.15) is 0 Å². The molecule has 0 atom stereocenters. The Morgan fingerprint density at radius 1 is 1.05 bits per heavy atom. The van der Waals surface area contributed by atoms with Crippen LogP contribution in [0.2, 0.25) is 0 Å². The molecule has 0 fully saturated rings. The predicted octanol–water partition coefficient (Wildman–Crippen LogP) is 2.15. The van der Waals surface area contributed by atoms with Gasteiger partial charge in [-0.15, -0.1) is 0 Å². The zero-order chi connectivity index (χ0) is 16.1. The van der Waals surface area contributed by atoms with Gasteiger partial charge in [0.2, 0.25) is 5.91 Å². The molecule has 0 aromatic heterocycles. The first-order valence-corrected chi connectivity index (χ1v) is 6.92. The van der Waals surface area contributed by atoms with Crippen molar-refractivity contribution in [1.29, 1.82) is 0 Å². The van der Waals surface area contributed by atoms with Gasteiger partial charge in [0.25, 0.3) is 5.91 Å². The number of nitrogens with two attached hydrogens (primary N) is 1. The lowest BCUT2D eigenvalue weighted by atomic mass is 10.1. The van der Waals surface area contributed by atoms with Crippen LogP contribution < -0.4 is 11.1 Å². The average molecular weight is 297 g/mol. The number of nitrogens with zero attached hydrogens (tertiary/aromatic N) is 1. The van der Waals surface area contributed by atoms with Crippen molar-refractivity contribution in [3.05, 3.63) is 59.7 Å². The van der Waals surface area contributed by atoms with Crippen LogP contribution in [0.15, 0.2) is 48.5 Å². The molecule has 114 valence electrons. The van der Waals surface area contributed by atoms with Crippen LogP contribution in [0.5, 0.6) is 0 Å². The van der Waals surface area contributed by atoms with E-state index >= 15 is 0 Å². The smallest absolute Gasteiger partial charge is 0.255 e. The molecule has 0 aliphatic heterocycles. The lowest BCUT2D eigenvalue weighted by Crippen LogP contribution is -2.24. The van der Waals surface area contributed by atoms with E-state index in [4.69, 9.17) is 5.73 Å². The van der Waals surface area contributed by atoms with Crippen molar-refractivity contribution >= 4 is 23.2 Å². The fourth-order valence-electron chi connectivity index (χ4n) is 2.03. The van der Waals surface area contributed by atoms with Crippen LogP contribution in [0.4, 0.5) is 11.4 Å². The van der Waals surface area contributed by atoms with Crippen molar-refractivity contribution in [1.82, 2.24) is 4.90 Å². The van der Waals surface area contributed by atoms with E-state index in [1.165, 1.54) is 4.90 Å². The number of carbonyl (C=O) groups excluding carboxylic acids is 2. The second-order valence-electron chi connectivity index (χ2n) is 5.21. The van der Waals surface area contributed by atoms with Crippen molar-refractivity contribution in [3.63, 3.8) is 0 Å². The molecule has 0 aliphatic carbocycles. The largest absolute Gasteiger partial charge is 0.399 e. The van der Waals surface area contributed by atoms with Gasteiger partial charge in [0, 0.05) is 19.8 Å². The molecule has 5 heteroatoms. The van der Waals surface area contributed by atoms with Gasteiger partial charge in [-0.1, -0.05) is 24.3 Å². The SMILES string of the molecule is CN(C)C(=O)c1ccccc1NC(=O)Cc1ccc(N)cc1. The maximum absolute atomic E-state index is 12.1. The summed E-state index contributed by atoms with van der Waals surface area (Å²) in [7, 11) is 3.35. The monoisotopic (exact) mass is 297 g/mol. The number of para-hydroxylation sites is 1. The fraction of sp³-hybridized carbons (Fsp3) is 0.176. The Bertz CT molecular complexity index is 679. The van der Waals surface area contributed by atoms with Crippen molar-refractivity contribution in [2.75, 3.05) is 25.1 Å². The van der Waals surface area contributed by atoms with Crippen LogP contribution >= 0.6 is 0 Å². The molecule has 3 N–H and O–H groups in total. The molecule has 0 spiro atoms. The van der Waals surface area contributed by atoms with Crippen LogP contribution in [0, 0.1) is 0 Å². The summed E-state index contributed by atoms with van der Waals surface area (Å²) in [5.74, 6) is -0.327. The third-order valence-electron chi connectivity index (χ3n) is 3.18. The number of benzene rings is 2. The maximum Gasteiger partial charge on any atom is 0.255 e. The topological polar surface area (TPSA) is 75.4 Å². The molecule has 0 aliphatic rings. The molecule has 0 saturated heterocycles. The quantitative estimate of drug-likeness (QED) is 0.849. The number of hydrogen-bond donors (Lipinski definition) is 2. The van der Waals surface area contributed by atoms with Gasteiger partial charge in [0.15, 0.2) is 0 Å².